The summed E-state index contributed by atoms with van der Waals surface area (Å²) in [5.41, 5.74) is 1.09. The van der Waals surface area contributed by atoms with E-state index in [1.807, 2.05) is 0 Å². The summed E-state index contributed by atoms with van der Waals surface area (Å²) in [6, 6.07) is 3.40. The van der Waals surface area contributed by atoms with Gasteiger partial charge < -0.3 is 5.21 Å². The van der Waals surface area contributed by atoms with E-state index in [4.69, 9.17) is 16.8 Å². The lowest BCUT2D eigenvalue weighted by atomic mass is 10.2. The van der Waals surface area contributed by atoms with Gasteiger partial charge in [-0.3, -0.25) is 9.78 Å². The van der Waals surface area contributed by atoms with Crippen molar-refractivity contribution in [1.82, 2.24) is 4.98 Å². The second-order valence-corrected chi connectivity index (χ2v) is 5.01. The summed E-state index contributed by atoms with van der Waals surface area (Å²) in [4.78, 5) is 16.6. The van der Waals surface area contributed by atoms with Gasteiger partial charge >= 0.3 is 0 Å². The van der Waals surface area contributed by atoms with Crippen molar-refractivity contribution in [2.24, 2.45) is 5.16 Å². The van der Waals surface area contributed by atoms with Crippen molar-refractivity contribution >= 4 is 44.6 Å². The number of carbonyl (C=O) groups excluding carboxylic acids is 1. The molecule has 2 aromatic rings. The Bertz CT molecular complexity index is 607. The van der Waals surface area contributed by atoms with E-state index in [0.717, 1.165) is 4.70 Å². The summed E-state index contributed by atoms with van der Waals surface area (Å²) in [5, 5.41) is 12.1. The quantitative estimate of drug-likeness (QED) is 0.402. The van der Waals surface area contributed by atoms with Crippen LogP contribution in [0.25, 0.3) is 10.2 Å². The minimum atomic E-state index is -0.0978. The first-order chi connectivity index (χ1) is 8.11. The van der Waals surface area contributed by atoms with Crippen molar-refractivity contribution in [3.05, 3.63) is 28.2 Å². The zero-order valence-corrected chi connectivity index (χ0v) is 10.5. The highest BCUT2D eigenvalue weighted by atomic mass is 35.5. The molecule has 0 aliphatic rings. The van der Waals surface area contributed by atoms with Crippen molar-refractivity contribution in [3.8, 4) is 0 Å². The number of oxime groups is 1. The molecule has 0 unspecified atom stereocenters. The Kier molecular flexibility index (Phi) is 3.40. The number of Topliss-reactive ketones (excluding diaryl/α,β-unsaturated/α-hetero) is 1. The molecular weight excluding hydrogens is 260 g/mol. The van der Waals surface area contributed by atoms with E-state index in [0.29, 0.717) is 21.1 Å². The number of halogens is 1. The molecule has 0 saturated heterocycles. The molecule has 0 aliphatic heterocycles. The molecule has 1 N–H and O–H groups in total. The van der Waals surface area contributed by atoms with Gasteiger partial charge in [0.2, 0.25) is 0 Å². The molecule has 0 aliphatic carbocycles. The standard InChI is InChI=1S/C11H9ClN2O2S/c1-6(14-16)4-9(15)10-5-8-11(17-10)7(12)2-3-13-8/h2-3,5,16H,4H2,1H3/b14-6-. The minimum Gasteiger partial charge on any atom is -0.411 e. The first-order valence-electron chi connectivity index (χ1n) is 4.86. The number of carbonyl (C=O) groups is 1. The van der Waals surface area contributed by atoms with Crippen molar-refractivity contribution in [1.29, 1.82) is 0 Å². The fourth-order valence-corrected chi connectivity index (χ4v) is 2.63. The van der Waals surface area contributed by atoms with Crippen LogP contribution in [-0.4, -0.2) is 21.7 Å². The fraction of sp³-hybridized carbons (Fsp3) is 0.182. The molecule has 88 valence electrons. The van der Waals surface area contributed by atoms with Crippen LogP contribution in [0.1, 0.15) is 23.0 Å². The normalized spacial score (nSPS) is 12.0. The van der Waals surface area contributed by atoms with Gasteiger partial charge in [-0.15, -0.1) is 11.3 Å². The van der Waals surface area contributed by atoms with Crippen molar-refractivity contribution in [2.45, 2.75) is 13.3 Å². The molecule has 2 heterocycles. The van der Waals surface area contributed by atoms with Crippen LogP contribution >= 0.6 is 22.9 Å². The van der Waals surface area contributed by atoms with E-state index in [1.165, 1.54) is 11.3 Å². The number of hydrogen-bond donors (Lipinski definition) is 1. The Morgan fingerprint density at radius 1 is 1.65 bits per heavy atom. The Labute approximate surface area is 107 Å². The average molecular weight is 269 g/mol. The zero-order chi connectivity index (χ0) is 12.4. The maximum absolute atomic E-state index is 11.8. The van der Waals surface area contributed by atoms with Gasteiger partial charge in [-0.2, -0.15) is 0 Å². The summed E-state index contributed by atoms with van der Waals surface area (Å²) in [5.74, 6) is -0.0978. The predicted octanol–water partition coefficient (Wildman–Crippen LogP) is 3.37. The molecule has 6 heteroatoms. The molecule has 0 fully saturated rings. The SMILES string of the molecule is C/C(CC(=O)c1cc2nccc(Cl)c2s1)=N/O. The number of nitrogens with zero attached hydrogens (tertiary/aromatic N) is 2. The largest absolute Gasteiger partial charge is 0.411 e. The molecule has 4 nitrogen and oxygen atoms in total. The smallest absolute Gasteiger partial charge is 0.178 e. The number of rotatable bonds is 3. The Morgan fingerprint density at radius 2 is 2.41 bits per heavy atom. The molecule has 0 spiro atoms. The topological polar surface area (TPSA) is 62.5 Å². The van der Waals surface area contributed by atoms with E-state index >= 15 is 0 Å². The van der Waals surface area contributed by atoms with E-state index < -0.39 is 0 Å². The third-order valence-electron chi connectivity index (χ3n) is 2.23. The summed E-state index contributed by atoms with van der Waals surface area (Å²) in [6.07, 6.45) is 1.70. The van der Waals surface area contributed by atoms with E-state index in [9.17, 15) is 4.79 Å². The van der Waals surface area contributed by atoms with Crippen LogP contribution in [0, 0.1) is 0 Å². The number of pyridine rings is 1. The monoisotopic (exact) mass is 268 g/mol. The molecular formula is C11H9ClN2O2S. The average Bonchev–Trinajstić information content (AvgIpc) is 2.74. The molecule has 0 aromatic carbocycles. The van der Waals surface area contributed by atoms with Crippen molar-refractivity contribution < 1.29 is 10.0 Å². The maximum atomic E-state index is 11.8. The van der Waals surface area contributed by atoms with Crippen molar-refractivity contribution in [3.63, 3.8) is 0 Å². The van der Waals surface area contributed by atoms with Crippen LogP contribution in [0.3, 0.4) is 0 Å². The summed E-state index contributed by atoms with van der Waals surface area (Å²) >= 11 is 7.31. The Hall–Kier alpha value is -1.46. The highest BCUT2D eigenvalue weighted by molar-refractivity contribution is 7.21. The third-order valence-corrected chi connectivity index (χ3v) is 3.85. The lowest BCUT2D eigenvalue weighted by Crippen LogP contribution is -2.03. The van der Waals surface area contributed by atoms with Gasteiger partial charge in [0.15, 0.2) is 5.78 Å². The van der Waals surface area contributed by atoms with Crippen LogP contribution in [-0.2, 0) is 0 Å². The molecule has 2 rings (SSSR count). The molecule has 0 saturated carbocycles. The van der Waals surface area contributed by atoms with Crippen LogP contribution in [0.4, 0.5) is 0 Å². The van der Waals surface area contributed by atoms with Gasteiger partial charge in [-0.1, -0.05) is 16.8 Å². The highest BCUT2D eigenvalue weighted by Crippen LogP contribution is 2.30. The molecule has 0 amide bonds. The van der Waals surface area contributed by atoms with Crippen LogP contribution in [0.5, 0.6) is 0 Å². The lowest BCUT2D eigenvalue weighted by molar-refractivity contribution is 0.100. The van der Waals surface area contributed by atoms with Crippen LogP contribution in [0.2, 0.25) is 5.02 Å². The predicted molar refractivity (Wildman–Crippen MR) is 68.5 cm³/mol. The molecule has 0 radical (unpaired) electrons. The van der Waals surface area contributed by atoms with Gasteiger partial charge in [0.25, 0.3) is 0 Å². The van der Waals surface area contributed by atoms with Gasteiger partial charge in [0.1, 0.15) is 0 Å². The number of aromatic nitrogens is 1. The lowest BCUT2D eigenvalue weighted by Gasteiger charge is -1.94. The van der Waals surface area contributed by atoms with Gasteiger partial charge in [0, 0.05) is 6.20 Å². The molecule has 17 heavy (non-hydrogen) atoms. The number of thiophene rings is 1. The first kappa shape index (κ1) is 12.0. The summed E-state index contributed by atoms with van der Waals surface area (Å²) in [6.45, 7) is 1.59. The maximum Gasteiger partial charge on any atom is 0.178 e. The number of fused-ring (bicyclic) bond motifs is 1. The number of hydrogen-bond acceptors (Lipinski definition) is 5. The van der Waals surface area contributed by atoms with Gasteiger partial charge in [-0.25, -0.2) is 0 Å². The Morgan fingerprint density at radius 3 is 3.06 bits per heavy atom. The second-order valence-electron chi connectivity index (χ2n) is 3.55. The summed E-state index contributed by atoms with van der Waals surface area (Å²) < 4.78 is 0.802. The minimum absolute atomic E-state index is 0.0978. The fourth-order valence-electron chi connectivity index (χ4n) is 1.40. The molecule has 0 atom stereocenters. The second kappa shape index (κ2) is 4.81. The van der Waals surface area contributed by atoms with Crippen molar-refractivity contribution in [2.75, 3.05) is 0 Å². The third kappa shape index (κ3) is 2.45. The van der Waals surface area contributed by atoms with Gasteiger partial charge in [-0.05, 0) is 19.1 Å². The van der Waals surface area contributed by atoms with Gasteiger partial charge in [0.05, 0.1) is 32.2 Å². The van der Waals surface area contributed by atoms with E-state index in [1.54, 1.807) is 25.3 Å². The Balaban J connectivity index is 2.37. The summed E-state index contributed by atoms with van der Waals surface area (Å²) in [7, 11) is 0. The van der Waals surface area contributed by atoms with Crippen LogP contribution < -0.4 is 0 Å². The van der Waals surface area contributed by atoms with E-state index in [2.05, 4.69) is 10.1 Å². The number of ketones is 1. The zero-order valence-electron chi connectivity index (χ0n) is 8.98. The molecule has 2 aromatic heterocycles. The molecule has 0 bridgehead atoms. The van der Waals surface area contributed by atoms with E-state index in [-0.39, 0.29) is 12.2 Å². The first-order valence-corrected chi connectivity index (χ1v) is 6.06. The highest BCUT2D eigenvalue weighted by Gasteiger charge is 2.13. The van der Waals surface area contributed by atoms with Crippen LogP contribution in [0.15, 0.2) is 23.5 Å².